The van der Waals surface area contributed by atoms with Gasteiger partial charge in [-0.3, -0.25) is 0 Å². The Kier molecular flexibility index (Phi) is 2.98. The fraction of sp³-hybridized carbons (Fsp3) is 0.636. The normalized spacial score (nSPS) is 18.5. The average Bonchev–Trinajstić information content (AvgIpc) is 2.20. The minimum atomic E-state index is -0.196. The van der Waals surface area contributed by atoms with Crippen molar-refractivity contribution in [3.8, 4) is 0 Å². The van der Waals surface area contributed by atoms with Crippen LogP contribution in [0.3, 0.4) is 0 Å². The molecule has 0 saturated heterocycles. The maximum absolute atomic E-state index is 5.52. The molecule has 1 aromatic heterocycles. The van der Waals surface area contributed by atoms with Crippen molar-refractivity contribution < 1.29 is 4.74 Å². The van der Waals surface area contributed by atoms with E-state index in [9.17, 15) is 0 Å². The van der Waals surface area contributed by atoms with Crippen LogP contribution in [0.5, 0.6) is 0 Å². The number of nitrogens with one attached hydrogen (secondary N) is 1. The average molecular weight is 207 g/mol. The second-order valence-corrected chi connectivity index (χ2v) is 4.00. The van der Waals surface area contributed by atoms with Crippen molar-refractivity contribution in [1.82, 2.24) is 15.3 Å². The van der Waals surface area contributed by atoms with E-state index in [0.717, 1.165) is 30.8 Å². The lowest BCUT2D eigenvalue weighted by Gasteiger charge is -2.38. The van der Waals surface area contributed by atoms with Crippen molar-refractivity contribution in [2.45, 2.75) is 31.4 Å². The van der Waals surface area contributed by atoms with E-state index in [4.69, 9.17) is 4.74 Å². The number of hydrogen-bond donors (Lipinski definition) is 1. The first-order chi connectivity index (χ1) is 7.30. The first-order valence-electron chi connectivity index (χ1n) is 5.32. The number of nitrogens with zero attached hydrogens (tertiary/aromatic N) is 2. The van der Waals surface area contributed by atoms with E-state index in [-0.39, 0.29) is 5.60 Å². The van der Waals surface area contributed by atoms with Gasteiger partial charge in [0.1, 0.15) is 5.60 Å². The molecule has 1 fully saturated rings. The van der Waals surface area contributed by atoms with Crippen molar-refractivity contribution in [1.29, 1.82) is 0 Å². The van der Waals surface area contributed by atoms with Crippen LogP contribution in [0.25, 0.3) is 0 Å². The van der Waals surface area contributed by atoms with Crippen molar-refractivity contribution >= 4 is 0 Å². The highest BCUT2D eigenvalue weighted by molar-refractivity contribution is 5.12. The Bertz CT molecular complexity index is 314. The SMILES string of the molecule is CNCc1cnc(C2(OC)CCC2)nc1. The van der Waals surface area contributed by atoms with E-state index in [1.54, 1.807) is 7.11 Å². The van der Waals surface area contributed by atoms with Gasteiger partial charge in [0.15, 0.2) is 5.82 Å². The Morgan fingerprint density at radius 1 is 1.40 bits per heavy atom. The maximum atomic E-state index is 5.52. The van der Waals surface area contributed by atoms with Crippen LogP contribution in [0.2, 0.25) is 0 Å². The molecule has 0 aromatic carbocycles. The predicted octanol–water partition coefficient (Wildman–Crippen LogP) is 1.22. The van der Waals surface area contributed by atoms with Gasteiger partial charge in [-0.25, -0.2) is 9.97 Å². The molecule has 4 heteroatoms. The summed E-state index contributed by atoms with van der Waals surface area (Å²) in [7, 11) is 3.65. The monoisotopic (exact) mass is 207 g/mol. The van der Waals surface area contributed by atoms with Crippen LogP contribution in [0.15, 0.2) is 12.4 Å². The third-order valence-electron chi connectivity index (χ3n) is 3.05. The Labute approximate surface area is 90.1 Å². The lowest BCUT2D eigenvalue weighted by Crippen LogP contribution is -2.38. The van der Waals surface area contributed by atoms with Crippen LogP contribution in [0.1, 0.15) is 30.7 Å². The highest BCUT2D eigenvalue weighted by atomic mass is 16.5. The molecule has 0 spiro atoms. The lowest BCUT2D eigenvalue weighted by molar-refractivity contribution is -0.0847. The van der Waals surface area contributed by atoms with E-state index in [0.29, 0.717) is 0 Å². The summed E-state index contributed by atoms with van der Waals surface area (Å²) in [6.07, 6.45) is 7.02. The molecule has 1 aliphatic rings. The number of methoxy groups -OCH3 is 1. The molecule has 82 valence electrons. The fourth-order valence-corrected chi connectivity index (χ4v) is 1.90. The zero-order valence-corrected chi connectivity index (χ0v) is 9.29. The van der Waals surface area contributed by atoms with Crippen molar-refractivity contribution in [3.63, 3.8) is 0 Å². The molecule has 0 aliphatic heterocycles. The van der Waals surface area contributed by atoms with Crippen molar-refractivity contribution in [2.75, 3.05) is 14.2 Å². The molecule has 0 bridgehead atoms. The standard InChI is InChI=1S/C11H17N3O/c1-12-6-9-7-13-10(14-8-9)11(15-2)4-3-5-11/h7-8,12H,3-6H2,1-2H3. The van der Waals surface area contributed by atoms with Gasteiger partial charge in [0.25, 0.3) is 0 Å². The predicted molar refractivity (Wildman–Crippen MR) is 57.3 cm³/mol. The molecule has 15 heavy (non-hydrogen) atoms. The fourth-order valence-electron chi connectivity index (χ4n) is 1.90. The summed E-state index contributed by atoms with van der Waals surface area (Å²) in [5.74, 6) is 0.830. The van der Waals surface area contributed by atoms with E-state index in [1.165, 1.54) is 6.42 Å². The number of ether oxygens (including phenoxy) is 1. The van der Waals surface area contributed by atoms with Gasteiger partial charge in [-0.05, 0) is 26.3 Å². The van der Waals surface area contributed by atoms with Gasteiger partial charge in [-0.2, -0.15) is 0 Å². The Morgan fingerprint density at radius 3 is 2.47 bits per heavy atom. The van der Waals surface area contributed by atoms with Crippen molar-refractivity contribution in [2.24, 2.45) is 0 Å². The summed E-state index contributed by atoms with van der Waals surface area (Å²) < 4.78 is 5.52. The Balaban J connectivity index is 2.15. The van der Waals surface area contributed by atoms with Gasteiger partial charge in [0.2, 0.25) is 0 Å². The molecule has 2 rings (SSSR count). The quantitative estimate of drug-likeness (QED) is 0.806. The van der Waals surface area contributed by atoms with Gasteiger partial charge in [0.05, 0.1) is 0 Å². The van der Waals surface area contributed by atoms with E-state index in [1.807, 2.05) is 19.4 Å². The largest absolute Gasteiger partial charge is 0.370 e. The molecule has 0 unspecified atom stereocenters. The van der Waals surface area contributed by atoms with Gasteiger partial charge >= 0.3 is 0 Å². The molecule has 1 N–H and O–H groups in total. The van der Waals surface area contributed by atoms with Gasteiger partial charge in [0, 0.05) is 31.6 Å². The second-order valence-electron chi connectivity index (χ2n) is 4.00. The van der Waals surface area contributed by atoms with Crippen LogP contribution in [-0.2, 0) is 16.9 Å². The summed E-state index contributed by atoms with van der Waals surface area (Å²) in [6, 6.07) is 0. The molecule has 1 heterocycles. The van der Waals surface area contributed by atoms with E-state index < -0.39 is 0 Å². The summed E-state index contributed by atoms with van der Waals surface area (Å²) in [4.78, 5) is 8.77. The van der Waals surface area contributed by atoms with Crippen molar-refractivity contribution in [3.05, 3.63) is 23.8 Å². The first-order valence-corrected chi connectivity index (χ1v) is 5.32. The zero-order chi connectivity index (χ0) is 10.7. The first kappa shape index (κ1) is 10.5. The lowest BCUT2D eigenvalue weighted by atomic mass is 9.79. The molecule has 0 atom stereocenters. The van der Waals surface area contributed by atoms with Gasteiger partial charge in [-0.15, -0.1) is 0 Å². The van der Waals surface area contributed by atoms with Crippen LogP contribution < -0.4 is 5.32 Å². The summed E-state index contributed by atoms with van der Waals surface area (Å²) >= 11 is 0. The highest BCUT2D eigenvalue weighted by Crippen LogP contribution is 2.42. The maximum Gasteiger partial charge on any atom is 0.160 e. The molecule has 1 aliphatic carbocycles. The van der Waals surface area contributed by atoms with Gasteiger partial charge in [-0.1, -0.05) is 0 Å². The van der Waals surface area contributed by atoms with Gasteiger partial charge < -0.3 is 10.1 Å². The molecule has 1 aromatic rings. The third-order valence-corrected chi connectivity index (χ3v) is 3.05. The molecular weight excluding hydrogens is 190 g/mol. The van der Waals surface area contributed by atoms with Crippen LogP contribution in [0.4, 0.5) is 0 Å². The molecule has 0 amide bonds. The topological polar surface area (TPSA) is 47.0 Å². The molecule has 0 radical (unpaired) electrons. The Morgan fingerprint density at radius 2 is 2.07 bits per heavy atom. The smallest absolute Gasteiger partial charge is 0.160 e. The van der Waals surface area contributed by atoms with E-state index in [2.05, 4.69) is 15.3 Å². The van der Waals surface area contributed by atoms with E-state index >= 15 is 0 Å². The van der Waals surface area contributed by atoms with Crippen LogP contribution in [0, 0.1) is 0 Å². The molecule has 1 saturated carbocycles. The summed E-state index contributed by atoms with van der Waals surface area (Å²) in [5, 5.41) is 3.07. The number of rotatable bonds is 4. The number of aromatic nitrogens is 2. The second kappa shape index (κ2) is 4.24. The minimum absolute atomic E-state index is 0.196. The van der Waals surface area contributed by atoms with Crippen LogP contribution >= 0.6 is 0 Å². The summed E-state index contributed by atoms with van der Waals surface area (Å²) in [6.45, 7) is 0.806. The molecule has 4 nitrogen and oxygen atoms in total. The van der Waals surface area contributed by atoms with Crippen LogP contribution in [-0.4, -0.2) is 24.1 Å². The Hall–Kier alpha value is -1.00. The minimum Gasteiger partial charge on any atom is -0.370 e. The summed E-state index contributed by atoms with van der Waals surface area (Å²) in [5.41, 5.74) is 0.907. The highest BCUT2D eigenvalue weighted by Gasteiger charge is 2.41. The number of hydrogen-bond acceptors (Lipinski definition) is 4. The zero-order valence-electron chi connectivity index (χ0n) is 9.29. The molecular formula is C11H17N3O. The third kappa shape index (κ3) is 1.87.